The van der Waals surface area contributed by atoms with E-state index in [2.05, 4.69) is 0 Å². The van der Waals surface area contributed by atoms with Crippen molar-refractivity contribution in [3.8, 4) is 0 Å². The summed E-state index contributed by atoms with van der Waals surface area (Å²) in [6.07, 6.45) is 3.15. The van der Waals surface area contributed by atoms with Gasteiger partial charge in [-0.05, 0) is 18.4 Å². The standard InChI is InChI=1S/C21H28N2O4/c1-26-15-21(9-5-10-21)20(25)22-13-17-18(14-22)27-11-8-19(24)23(17)12-16-6-3-2-4-7-16/h2-4,6-7,17-18H,5,8-15H2,1H3/t17-,18-/m0/s1. The third-order valence-electron chi connectivity index (χ3n) is 6.27. The molecule has 0 bridgehead atoms. The Balaban J connectivity index is 1.52. The molecule has 1 saturated carbocycles. The maximum Gasteiger partial charge on any atom is 0.231 e. The average molecular weight is 372 g/mol. The van der Waals surface area contributed by atoms with E-state index in [1.165, 1.54) is 0 Å². The quantitative estimate of drug-likeness (QED) is 0.791. The summed E-state index contributed by atoms with van der Waals surface area (Å²) in [5, 5.41) is 0. The summed E-state index contributed by atoms with van der Waals surface area (Å²) < 4.78 is 11.3. The number of amides is 2. The molecule has 27 heavy (non-hydrogen) atoms. The van der Waals surface area contributed by atoms with Crippen LogP contribution in [0.4, 0.5) is 0 Å². The largest absolute Gasteiger partial charge is 0.384 e. The van der Waals surface area contributed by atoms with E-state index in [1.807, 2.05) is 40.1 Å². The number of benzene rings is 1. The molecule has 4 rings (SSSR count). The third kappa shape index (κ3) is 3.48. The lowest BCUT2D eigenvalue weighted by molar-refractivity contribution is -0.152. The number of hydrogen-bond acceptors (Lipinski definition) is 4. The van der Waals surface area contributed by atoms with Crippen molar-refractivity contribution in [2.75, 3.05) is 33.4 Å². The van der Waals surface area contributed by atoms with Crippen molar-refractivity contribution in [3.05, 3.63) is 35.9 Å². The number of fused-ring (bicyclic) bond motifs is 1. The van der Waals surface area contributed by atoms with Gasteiger partial charge in [-0.3, -0.25) is 9.59 Å². The normalized spacial score (nSPS) is 27.1. The summed E-state index contributed by atoms with van der Waals surface area (Å²) in [6.45, 7) is 2.58. The van der Waals surface area contributed by atoms with Gasteiger partial charge in [0, 0.05) is 26.7 Å². The second kappa shape index (κ2) is 7.60. The Morgan fingerprint density at radius 2 is 2.04 bits per heavy atom. The first kappa shape index (κ1) is 18.4. The van der Waals surface area contributed by atoms with Crippen LogP contribution in [0, 0.1) is 5.41 Å². The van der Waals surface area contributed by atoms with Crippen LogP contribution in [-0.4, -0.2) is 67.2 Å². The molecule has 146 valence electrons. The minimum atomic E-state index is -0.368. The van der Waals surface area contributed by atoms with Crippen molar-refractivity contribution in [2.45, 2.75) is 44.4 Å². The van der Waals surface area contributed by atoms with Gasteiger partial charge in [0.25, 0.3) is 0 Å². The number of hydrogen-bond donors (Lipinski definition) is 0. The van der Waals surface area contributed by atoms with E-state index in [-0.39, 0.29) is 29.4 Å². The molecule has 0 radical (unpaired) electrons. The summed E-state index contributed by atoms with van der Waals surface area (Å²) in [4.78, 5) is 29.8. The van der Waals surface area contributed by atoms with Gasteiger partial charge < -0.3 is 19.3 Å². The van der Waals surface area contributed by atoms with Gasteiger partial charge in [-0.15, -0.1) is 0 Å². The molecule has 3 fully saturated rings. The molecule has 0 spiro atoms. The Morgan fingerprint density at radius 3 is 2.70 bits per heavy atom. The predicted molar refractivity (Wildman–Crippen MR) is 99.9 cm³/mol. The number of ether oxygens (including phenoxy) is 2. The fourth-order valence-electron chi connectivity index (χ4n) is 4.63. The zero-order valence-electron chi connectivity index (χ0n) is 15.9. The smallest absolute Gasteiger partial charge is 0.231 e. The fourth-order valence-corrected chi connectivity index (χ4v) is 4.63. The van der Waals surface area contributed by atoms with E-state index in [1.54, 1.807) is 7.11 Å². The minimum absolute atomic E-state index is 0.0798. The van der Waals surface area contributed by atoms with Crippen LogP contribution in [0.5, 0.6) is 0 Å². The molecule has 2 atom stereocenters. The van der Waals surface area contributed by atoms with Crippen LogP contribution in [0.2, 0.25) is 0 Å². The second-order valence-electron chi connectivity index (χ2n) is 8.01. The van der Waals surface area contributed by atoms with Crippen LogP contribution in [0.1, 0.15) is 31.2 Å². The van der Waals surface area contributed by atoms with E-state index in [9.17, 15) is 9.59 Å². The highest BCUT2D eigenvalue weighted by Crippen LogP contribution is 2.43. The lowest BCUT2D eigenvalue weighted by Gasteiger charge is -2.42. The molecule has 2 amide bonds. The number of carbonyl (C=O) groups excluding carboxylic acids is 2. The third-order valence-corrected chi connectivity index (χ3v) is 6.27. The zero-order valence-corrected chi connectivity index (χ0v) is 15.9. The molecule has 2 aliphatic heterocycles. The summed E-state index contributed by atoms with van der Waals surface area (Å²) in [5.74, 6) is 0.273. The first-order valence-corrected chi connectivity index (χ1v) is 9.86. The predicted octanol–water partition coefficient (Wildman–Crippen LogP) is 1.83. The van der Waals surface area contributed by atoms with E-state index < -0.39 is 0 Å². The highest BCUT2D eigenvalue weighted by atomic mass is 16.5. The van der Waals surface area contributed by atoms with Crippen LogP contribution in [-0.2, 0) is 25.6 Å². The summed E-state index contributed by atoms with van der Waals surface area (Å²) in [6, 6.07) is 9.94. The molecule has 0 unspecified atom stereocenters. The Kier molecular flexibility index (Phi) is 5.19. The van der Waals surface area contributed by atoms with Gasteiger partial charge in [0.05, 0.1) is 37.2 Å². The van der Waals surface area contributed by atoms with Gasteiger partial charge in [0.2, 0.25) is 11.8 Å². The summed E-state index contributed by atoms with van der Waals surface area (Å²) in [7, 11) is 1.66. The van der Waals surface area contributed by atoms with E-state index in [4.69, 9.17) is 9.47 Å². The van der Waals surface area contributed by atoms with Gasteiger partial charge >= 0.3 is 0 Å². The molecule has 0 N–H and O–H groups in total. The molecule has 1 aromatic carbocycles. The molecule has 0 aromatic heterocycles. The molecule has 1 aromatic rings. The van der Waals surface area contributed by atoms with Crippen LogP contribution >= 0.6 is 0 Å². The van der Waals surface area contributed by atoms with Gasteiger partial charge in [-0.1, -0.05) is 36.8 Å². The highest BCUT2D eigenvalue weighted by Gasteiger charge is 2.50. The Bertz CT molecular complexity index is 689. The highest BCUT2D eigenvalue weighted by molar-refractivity contribution is 5.84. The Labute approximate surface area is 160 Å². The van der Waals surface area contributed by atoms with Crippen molar-refractivity contribution in [3.63, 3.8) is 0 Å². The summed E-state index contributed by atoms with van der Waals surface area (Å²) in [5.41, 5.74) is 0.734. The minimum Gasteiger partial charge on any atom is -0.384 e. The van der Waals surface area contributed by atoms with Gasteiger partial charge in [0.15, 0.2) is 0 Å². The number of likely N-dealkylation sites (tertiary alicyclic amines) is 1. The van der Waals surface area contributed by atoms with E-state index in [0.29, 0.717) is 39.3 Å². The molecule has 6 heteroatoms. The zero-order chi connectivity index (χ0) is 18.9. The van der Waals surface area contributed by atoms with Crippen molar-refractivity contribution in [1.29, 1.82) is 0 Å². The maximum atomic E-state index is 13.2. The molecule has 3 aliphatic rings. The van der Waals surface area contributed by atoms with Gasteiger partial charge in [-0.2, -0.15) is 0 Å². The monoisotopic (exact) mass is 372 g/mol. The SMILES string of the molecule is COCC1(C(=O)N2C[C@@H]3OCCC(=O)N(Cc4ccccc4)[C@H]3C2)CCC1. The number of nitrogens with zero attached hydrogens (tertiary/aromatic N) is 2. The maximum absolute atomic E-state index is 13.2. The van der Waals surface area contributed by atoms with E-state index in [0.717, 1.165) is 24.8 Å². The first-order chi connectivity index (χ1) is 13.1. The van der Waals surface area contributed by atoms with Crippen LogP contribution < -0.4 is 0 Å². The first-order valence-electron chi connectivity index (χ1n) is 9.86. The molecule has 2 saturated heterocycles. The van der Waals surface area contributed by atoms with Crippen molar-refractivity contribution in [2.24, 2.45) is 5.41 Å². The molecular formula is C21H28N2O4. The van der Waals surface area contributed by atoms with Crippen LogP contribution in [0.15, 0.2) is 30.3 Å². The molecular weight excluding hydrogens is 344 g/mol. The van der Waals surface area contributed by atoms with Gasteiger partial charge in [-0.25, -0.2) is 0 Å². The lowest BCUT2D eigenvalue weighted by atomic mass is 9.68. The fraction of sp³-hybridized carbons (Fsp3) is 0.619. The Morgan fingerprint density at radius 1 is 1.26 bits per heavy atom. The van der Waals surface area contributed by atoms with E-state index >= 15 is 0 Å². The molecule has 6 nitrogen and oxygen atoms in total. The summed E-state index contributed by atoms with van der Waals surface area (Å²) >= 11 is 0. The molecule has 2 heterocycles. The van der Waals surface area contributed by atoms with Gasteiger partial charge in [0.1, 0.15) is 0 Å². The molecule has 1 aliphatic carbocycles. The van der Waals surface area contributed by atoms with Crippen LogP contribution in [0.3, 0.4) is 0 Å². The lowest BCUT2D eigenvalue weighted by Crippen LogP contribution is -2.51. The van der Waals surface area contributed by atoms with Crippen molar-refractivity contribution >= 4 is 11.8 Å². The van der Waals surface area contributed by atoms with Crippen molar-refractivity contribution in [1.82, 2.24) is 9.80 Å². The average Bonchev–Trinajstić information content (AvgIpc) is 3.01. The number of rotatable bonds is 5. The number of methoxy groups -OCH3 is 1. The van der Waals surface area contributed by atoms with Crippen molar-refractivity contribution < 1.29 is 19.1 Å². The number of carbonyl (C=O) groups is 2. The van der Waals surface area contributed by atoms with Crippen LogP contribution in [0.25, 0.3) is 0 Å². The Hall–Kier alpha value is -1.92. The second-order valence-corrected chi connectivity index (χ2v) is 8.01. The topological polar surface area (TPSA) is 59.1 Å².